The van der Waals surface area contributed by atoms with Crippen molar-refractivity contribution < 1.29 is 4.79 Å². The average Bonchev–Trinajstić information content (AvgIpc) is 3.19. The molecule has 0 fully saturated rings. The van der Waals surface area contributed by atoms with Crippen molar-refractivity contribution in [2.75, 3.05) is 0 Å². The number of hydrogen-bond donors (Lipinski definition) is 0. The first-order valence-corrected chi connectivity index (χ1v) is 10.1. The van der Waals surface area contributed by atoms with Gasteiger partial charge < -0.3 is 9.47 Å². The minimum atomic E-state index is 0.0352. The third-order valence-corrected chi connectivity index (χ3v) is 5.20. The summed E-state index contributed by atoms with van der Waals surface area (Å²) in [5.41, 5.74) is 4.08. The summed E-state index contributed by atoms with van der Waals surface area (Å²) in [6, 6.07) is 28.1. The van der Waals surface area contributed by atoms with Crippen molar-refractivity contribution in [2.24, 2.45) is 0 Å². The molecule has 0 aliphatic carbocycles. The van der Waals surface area contributed by atoms with Gasteiger partial charge in [-0.05, 0) is 35.7 Å². The molecule has 0 N–H and O–H groups in total. The first-order chi connectivity index (χ1) is 14.7. The molecule has 1 amide bonds. The van der Waals surface area contributed by atoms with Crippen molar-refractivity contribution in [2.45, 2.75) is 26.6 Å². The zero-order valence-electron chi connectivity index (χ0n) is 17.1. The molecule has 1 aromatic heterocycles. The molecule has 0 radical (unpaired) electrons. The number of hydrogen-bond acceptors (Lipinski definition) is 2. The minimum absolute atomic E-state index is 0.0352. The lowest BCUT2D eigenvalue weighted by Crippen LogP contribution is -2.30. The Morgan fingerprint density at radius 2 is 1.37 bits per heavy atom. The molecule has 0 atom stereocenters. The first-order valence-electron chi connectivity index (χ1n) is 10.1. The molecule has 30 heavy (non-hydrogen) atoms. The molecule has 0 saturated carbocycles. The number of carbonyl (C=O) groups is 1. The van der Waals surface area contributed by atoms with Crippen LogP contribution in [0.4, 0.5) is 0 Å². The highest BCUT2D eigenvalue weighted by Crippen LogP contribution is 2.16. The summed E-state index contributed by atoms with van der Waals surface area (Å²) < 4.78 is 2.09. The minimum Gasteiger partial charge on any atom is -0.331 e. The number of nitrogens with zero attached hydrogens (tertiary/aromatic N) is 3. The van der Waals surface area contributed by atoms with E-state index in [0.29, 0.717) is 18.7 Å². The SMILES string of the molecule is Cc1nccn1Cc1ccc(C(=O)N(Cc2ccccc2)Cc2ccccc2)cc1. The fourth-order valence-corrected chi connectivity index (χ4v) is 3.51. The van der Waals surface area contributed by atoms with Crippen LogP contribution in [0.3, 0.4) is 0 Å². The normalized spacial score (nSPS) is 10.7. The van der Waals surface area contributed by atoms with E-state index < -0.39 is 0 Å². The second kappa shape index (κ2) is 9.23. The lowest BCUT2D eigenvalue weighted by molar-refractivity contribution is 0.0730. The Hall–Kier alpha value is -3.66. The topological polar surface area (TPSA) is 38.1 Å². The van der Waals surface area contributed by atoms with Crippen LogP contribution in [0.15, 0.2) is 97.3 Å². The molecular formula is C26H25N3O. The lowest BCUT2D eigenvalue weighted by atomic mass is 10.1. The third-order valence-electron chi connectivity index (χ3n) is 5.20. The molecule has 0 spiro atoms. The van der Waals surface area contributed by atoms with E-state index in [1.807, 2.05) is 78.7 Å². The Balaban J connectivity index is 1.53. The Labute approximate surface area is 177 Å². The average molecular weight is 396 g/mol. The molecule has 4 aromatic rings. The van der Waals surface area contributed by atoms with E-state index in [9.17, 15) is 4.79 Å². The van der Waals surface area contributed by atoms with Crippen LogP contribution in [-0.4, -0.2) is 20.4 Å². The maximum Gasteiger partial charge on any atom is 0.254 e. The number of benzene rings is 3. The van der Waals surface area contributed by atoms with E-state index in [1.54, 1.807) is 6.20 Å². The van der Waals surface area contributed by atoms with Gasteiger partial charge in [-0.15, -0.1) is 0 Å². The van der Waals surface area contributed by atoms with Crippen molar-refractivity contribution in [1.29, 1.82) is 0 Å². The van der Waals surface area contributed by atoms with Gasteiger partial charge in [-0.3, -0.25) is 4.79 Å². The number of imidazole rings is 1. The van der Waals surface area contributed by atoms with Crippen molar-refractivity contribution in [3.05, 3.63) is 125 Å². The van der Waals surface area contributed by atoms with Crippen LogP contribution in [-0.2, 0) is 19.6 Å². The second-order valence-corrected chi connectivity index (χ2v) is 7.43. The molecule has 3 aromatic carbocycles. The lowest BCUT2D eigenvalue weighted by Gasteiger charge is -2.23. The van der Waals surface area contributed by atoms with Crippen LogP contribution in [0.5, 0.6) is 0 Å². The van der Waals surface area contributed by atoms with Gasteiger partial charge in [0, 0.05) is 37.6 Å². The molecular weight excluding hydrogens is 370 g/mol. The van der Waals surface area contributed by atoms with Crippen LogP contribution >= 0.6 is 0 Å². The van der Waals surface area contributed by atoms with Gasteiger partial charge in [0.25, 0.3) is 5.91 Å². The summed E-state index contributed by atoms with van der Waals surface area (Å²) in [6.07, 6.45) is 3.77. The highest BCUT2D eigenvalue weighted by Gasteiger charge is 2.17. The van der Waals surface area contributed by atoms with Crippen LogP contribution in [0.2, 0.25) is 0 Å². The number of amides is 1. The van der Waals surface area contributed by atoms with Gasteiger partial charge in [-0.1, -0.05) is 72.8 Å². The van der Waals surface area contributed by atoms with Crippen molar-refractivity contribution in [3.8, 4) is 0 Å². The van der Waals surface area contributed by atoms with Crippen LogP contribution in [0.25, 0.3) is 0 Å². The summed E-state index contributed by atoms with van der Waals surface area (Å²) in [5.74, 6) is 1.01. The van der Waals surface area contributed by atoms with E-state index >= 15 is 0 Å². The third kappa shape index (κ3) is 4.84. The Morgan fingerprint density at radius 3 is 1.87 bits per heavy atom. The molecule has 4 nitrogen and oxygen atoms in total. The number of aromatic nitrogens is 2. The standard InChI is InChI=1S/C26H25N3O/c1-21-27-16-17-28(21)18-24-12-14-25(15-13-24)26(30)29(19-22-8-4-2-5-9-22)20-23-10-6-3-7-11-23/h2-17H,18-20H2,1H3. The summed E-state index contributed by atoms with van der Waals surface area (Å²) in [5, 5.41) is 0. The van der Waals surface area contributed by atoms with Gasteiger partial charge in [-0.2, -0.15) is 0 Å². The Kier molecular flexibility index (Phi) is 6.04. The van der Waals surface area contributed by atoms with Crippen molar-refractivity contribution in [1.82, 2.24) is 14.5 Å². The predicted octanol–water partition coefficient (Wildman–Crippen LogP) is 5.08. The second-order valence-electron chi connectivity index (χ2n) is 7.43. The molecule has 0 aliphatic rings. The fraction of sp³-hybridized carbons (Fsp3) is 0.154. The fourth-order valence-electron chi connectivity index (χ4n) is 3.51. The number of aryl methyl sites for hydroxylation is 1. The molecule has 1 heterocycles. The highest BCUT2D eigenvalue weighted by molar-refractivity contribution is 5.94. The van der Waals surface area contributed by atoms with Crippen LogP contribution in [0, 0.1) is 6.92 Å². The maximum absolute atomic E-state index is 13.3. The summed E-state index contributed by atoms with van der Waals surface area (Å²) in [7, 11) is 0. The smallest absolute Gasteiger partial charge is 0.254 e. The van der Waals surface area contributed by atoms with Gasteiger partial charge >= 0.3 is 0 Å². The van der Waals surface area contributed by atoms with E-state index in [2.05, 4.69) is 33.8 Å². The monoisotopic (exact) mass is 395 g/mol. The van der Waals surface area contributed by atoms with Crippen LogP contribution in [0.1, 0.15) is 32.9 Å². The zero-order chi connectivity index (χ0) is 20.8. The first kappa shape index (κ1) is 19.6. The highest BCUT2D eigenvalue weighted by atomic mass is 16.2. The molecule has 4 heteroatoms. The van der Waals surface area contributed by atoms with Gasteiger partial charge in [0.2, 0.25) is 0 Å². The van der Waals surface area contributed by atoms with Gasteiger partial charge in [0.05, 0.1) is 0 Å². The quantitative estimate of drug-likeness (QED) is 0.437. The van der Waals surface area contributed by atoms with Crippen molar-refractivity contribution in [3.63, 3.8) is 0 Å². The molecule has 4 rings (SSSR count). The zero-order valence-corrected chi connectivity index (χ0v) is 17.1. The summed E-state index contributed by atoms with van der Waals surface area (Å²) >= 11 is 0. The maximum atomic E-state index is 13.3. The molecule has 0 aliphatic heterocycles. The van der Waals surface area contributed by atoms with E-state index in [1.165, 1.54) is 0 Å². The van der Waals surface area contributed by atoms with E-state index in [-0.39, 0.29) is 5.91 Å². The molecule has 0 unspecified atom stereocenters. The van der Waals surface area contributed by atoms with Gasteiger partial charge in [-0.25, -0.2) is 4.98 Å². The summed E-state index contributed by atoms with van der Waals surface area (Å²) in [4.78, 5) is 19.5. The van der Waals surface area contributed by atoms with Crippen LogP contribution < -0.4 is 0 Å². The van der Waals surface area contributed by atoms with Crippen molar-refractivity contribution >= 4 is 5.91 Å². The number of carbonyl (C=O) groups excluding carboxylic acids is 1. The Bertz CT molecular complexity index is 1040. The largest absolute Gasteiger partial charge is 0.331 e. The molecule has 0 bridgehead atoms. The van der Waals surface area contributed by atoms with E-state index in [4.69, 9.17) is 0 Å². The summed E-state index contributed by atoms with van der Waals surface area (Å²) in [6.45, 7) is 3.89. The van der Waals surface area contributed by atoms with E-state index in [0.717, 1.165) is 29.1 Å². The predicted molar refractivity (Wildman–Crippen MR) is 119 cm³/mol. The molecule has 150 valence electrons. The van der Waals surface area contributed by atoms with Gasteiger partial charge in [0.1, 0.15) is 5.82 Å². The Morgan fingerprint density at radius 1 is 0.800 bits per heavy atom. The van der Waals surface area contributed by atoms with Gasteiger partial charge in [0.15, 0.2) is 0 Å². The molecule has 0 saturated heterocycles. The number of rotatable bonds is 7.